The van der Waals surface area contributed by atoms with E-state index < -0.39 is 15.7 Å². The molecule has 0 spiro atoms. The summed E-state index contributed by atoms with van der Waals surface area (Å²) in [4.78, 5) is 16.4. The molecule has 122 valence electrons. The molecule has 0 saturated carbocycles. The molecule has 0 aliphatic carbocycles. The Balaban J connectivity index is 2.39. The van der Waals surface area contributed by atoms with Gasteiger partial charge in [0, 0.05) is 18.1 Å². The van der Waals surface area contributed by atoms with Gasteiger partial charge in [-0.05, 0) is 36.1 Å². The highest BCUT2D eigenvalue weighted by Gasteiger charge is 2.21. The third-order valence-corrected chi connectivity index (χ3v) is 4.75. The van der Waals surface area contributed by atoms with Crippen molar-refractivity contribution in [2.24, 2.45) is 0 Å². The minimum atomic E-state index is -3.57. The average Bonchev–Trinajstić information content (AvgIpc) is 2.54. The maximum atomic E-state index is 12.5. The van der Waals surface area contributed by atoms with E-state index in [1.165, 1.54) is 12.3 Å². The van der Waals surface area contributed by atoms with Crippen molar-refractivity contribution in [3.05, 3.63) is 53.7 Å². The van der Waals surface area contributed by atoms with Crippen LogP contribution in [-0.2, 0) is 9.84 Å². The van der Waals surface area contributed by atoms with Crippen LogP contribution in [0.3, 0.4) is 0 Å². The van der Waals surface area contributed by atoms with Crippen LogP contribution in [0.1, 0.15) is 42.1 Å². The second-order valence-electron chi connectivity index (χ2n) is 5.48. The van der Waals surface area contributed by atoms with Crippen molar-refractivity contribution in [1.82, 2.24) is 4.98 Å². The third kappa shape index (κ3) is 3.96. The number of amides is 1. The lowest BCUT2D eigenvalue weighted by Gasteiger charge is -2.16. The molecule has 23 heavy (non-hydrogen) atoms. The second-order valence-corrected chi connectivity index (χ2v) is 7.41. The van der Waals surface area contributed by atoms with Crippen LogP contribution in [0.5, 0.6) is 0 Å². The van der Waals surface area contributed by atoms with Crippen molar-refractivity contribution in [3.63, 3.8) is 0 Å². The van der Waals surface area contributed by atoms with Gasteiger partial charge in [0.25, 0.3) is 5.91 Å². The Hall–Kier alpha value is -2.21. The minimum absolute atomic E-state index is 0.0500. The van der Waals surface area contributed by atoms with Gasteiger partial charge in [-0.1, -0.05) is 32.0 Å². The van der Waals surface area contributed by atoms with E-state index in [9.17, 15) is 13.2 Å². The van der Waals surface area contributed by atoms with Gasteiger partial charge < -0.3 is 5.32 Å². The van der Waals surface area contributed by atoms with Crippen molar-refractivity contribution >= 4 is 21.4 Å². The van der Waals surface area contributed by atoms with Crippen LogP contribution < -0.4 is 5.32 Å². The molecule has 2 aromatic rings. The molecule has 1 amide bonds. The summed E-state index contributed by atoms with van der Waals surface area (Å²) in [5.74, 6) is -0.191. The predicted octanol–water partition coefficient (Wildman–Crippen LogP) is 3.25. The van der Waals surface area contributed by atoms with E-state index >= 15 is 0 Å². The molecule has 5 nitrogen and oxygen atoms in total. The number of sulfone groups is 1. The van der Waals surface area contributed by atoms with E-state index in [2.05, 4.69) is 24.1 Å². The highest BCUT2D eigenvalue weighted by atomic mass is 32.2. The molecule has 2 rings (SSSR count). The molecule has 1 unspecified atom stereocenters. The predicted molar refractivity (Wildman–Crippen MR) is 90.4 cm³/mol. The molecular formula is C17H20N2O3S. The van der Waals surface area contributed by atoms with E-state index in [4.69, 9.17) is 0 Å². The topological polar surface area (TPSA) is 76.1 Å². The van der Waals surface area contributed by atoms with Crippen LogP contribution in [0.15, 0.2) is 47.6 Å². The number of nitrogens with one attached hydrogen (secondary N) is 1. The number of carbonyl (C=O) groups is 1. The summed E-state index contributed by atoms with van der Waals surface area (Å²) < 4.78 is 23.6. The fraction of sp³-hybridized carbons (Fsp3) is 0.294. The molecule has 0 aliphatic heterocycles. The van der Waals surface area contributed by atoms with Gasteiger partial charge in [-0.2, -0.15) is 0 Å². The minimum Gasteiger partial charge on any atom is -0.322 e. The molecule has 0 bridgehead atoms. The SMILES string of the molecule is CCC(C)c1ccccc1NC(=O)c1cccnc1S(C)(=O)=O. The van der Waals surface area contributed by atoms with Gasteiger partial charge in [-0.15, -0.1) is 0 Å². The highest BCUT2D eigenvalue weighted by molar-refractivity contribution is 7.90. The zero-order chi connectivity index (χ0) is 17.0. The molecule has 1 atom stereocenters. The number of carbonyl (C=O) groups excluding carboxylic acids is 1. The average molecular weight is 332 g/mol. The molecule has 0 radical (unpaired) electrons. The molecule has 1 aromatic carbocycles. The van der Waals surface area contributed by atoms with Gasteiger partial charge in [-0.25, -0.2) is 13.4 Å². The lowest BCUT2D eigenvalue weighted by Crippen LogP contribution is -2.18. The summed E-state index contributed by atoms with van der Waals surface area (Å²) in [7, 11) is -3.57. The first-order valence-electron chi connectivity index (χ1n) is 7.40. The number of pyridine rings is 1. The molecule has 1 N–H and O–H groups in total. The molecule has 0 saturated heterocycles. The van der Waals surface area contributed by atoms with Crippen molar-refractivity contribution in [1.29, 1.82) is 0 Å². The fourth-order valence-electron chi connectivity index (χ4n) is 2.31. The lowest BCUT2D eigenvalue weighted by atomic mass is 9.97. The number of nitrogens with zero attached hydrogens (tertiary/aromatic N) is 1. The number of benzene rings is 1. The van der Waals surface area contributed by atoms with Gasteiger partial charge in [0.15, 0.2) is 14.9 Å². The van der Waals surface area contributed by atoms with E-state index in [0.29, 0.717) is 5.69 Å². The Morgan fingerprint density at radius 3 is 2.57 bits per heavy atom. The molecule has 0 aliphatic rings. The van der Waals surface area contributed by atoms with E-state index in [1.54, 1.807) is 6.07 Å². The van der Waals surface area contributed by atoms with Crippen LogP contribution in [0.25, 0.3) is 0 Å². The van der Waals surface area contributed by atoms with Gasteiger partial charge >= 0.3 is 0 Å². The monoisotopic (exact) mass is 332 g/mol. The molecule has 0 fully saturated rings. The highest BCUT2D eigenvalue weighted by Crippen LogP contribution is 2.27. The van der Waals surface area contributed by atoms with Crippen LogP contribution in [0, 0.1) is 0 Å². The summed E-state index contributed by atoms with van der Waals surface area (Å²) in [6.07, 6.45) is 3.34. The number of rotatable bonds is 5. The quantitative estimate of drug-likeness (QED) is 0.912. The maximum absolute atomic E-state index is 12.5. The molecule has 1 aromatic heterocycles. The van der Waals surface area contributed by atoms with Crippen molar-refractivity contribution in [2.75, 3.05) is 11.6 Å². The number of aromatic nitrogens is 1. The van der Waals surface area contributed by atoms with Crippen LogP contribution in [-0.4, -0.2) is 25.6 Å². The zero-order valence-corrected chi connectivity index (χ0v) is 14.2. The van der Waals surface area contributed by atoms with Crippen molar-refractivity contribution in [2.45, 2.75) is 31.2 Å². The van der Waals surface area contributed by atoms with Crippen molar-refractivity contribution < 1.29 is 13.2 Å². The van der Waals surface area contributed by atoms with Gasteiger partial charge in [0.1, 0.15) is 0 Å². The Morgan fingerprint density at radius 1 is 1.22 bits per heavy atom. The number of para-hydroxylation sites is 1. The van der Waals surface area contributed by atoms with E-state index in [-0.39, 0.29) is 16.5 Å². The summed E-state index contributed by atoms with van der Waals surface area (Å²) in [6.45, 7) is 4.16. The molecule has 6 heteroatoms. The first-order chi connectivity index (χ1) is 10.8. The normalized spacial score (nSPS) is 12.7. The Morgan fingerprint density at radius 2 is 1.91 bits per heavy atom. The summed E-state index contributed by atoms with van der Waals surface area (Å²) in [5.41, 5.74) is 1.76. The summed E-state index contributed by atoms with van der Waals surface area (Å²) in [5, 5.41) is 2.60. The standard InChI is InChI=1S/C17H20N2O3S/c1-4-12(2)13-8-5-6-10-15(13)19-16(20)14-9-7-11-18-17(14)23(3,21)22/h5-12H,4H2,1-3H3,(H,19,20). The Bertz CT molecular complexity index is 816. The smallest absolute Gasteiger partial charge is 0.258 e. The Labute approximate surface area is 136 Å². The van der Waals surface area contributed by atoms with E-state index in [1.807, 2.05) is 24.3 Å². The maximum Gasteiger partial charge on any atom is 0.258 e. The second kappa shape index (κ2) is 6.91. The van der Waals surface area contributed by atoms with Gasteiger partial charge in [-0.3, -0.25) is 4.79 Å². The summed E-state index contributed by atoms with van der Waals surface area (Å²) in [6, 6.07) is 10.5. The van der Waals surface area contributed by atoms with Gasteiger partial charge in [0.05, 0.1) is 5.56 Å². The van der Waals surface area contributed by atoms with E-state index in [0.717, 1.165) is 18.2 Å². The largest absolute Gasteiger partial charge is 0.322 e. The van der Waals surface area contributed by atoms with Crippen LogP contribution in [0.4, 0.5) is 5.69 Å². The zero-order valence-electron chi connectivity index (χ0n) is 13.4. The lowest BCUT2D eigenvalue weighted by molar-refractivity contribution is 0.102. The van der Waals surface area contributed by atoms with Gasteiger partial charge in [0.2, 0.25) is 0 Å². The number of hydrogen-bond acceptors (Lipinski definition) is 4. The number of hydrogen-bond donors (Lipinski definition) is 1. The van der Waals surface area contributed by atoms with Crippen LogP contribution in [0.2, 0.25) is 0 Å². The third-order valence-electron chi connectivity index (χ3n) is 3.72. The number of anilines is 1. The fourth-order valence-corrected chi connectivity index (χ4v) is 3.12. The molecule has 1 heterocycles. The summed E-state index contributed by atoms with van der Waals surface area (Å²) >= 11 is 0. The first-order valence-corrected chi connectivity index (χ1v) is 9.29. The Kier molecular flexibility index (Phi) is 5.15. The van der Waals surface area contributed by atoms with Crippen LogP contribution >= 0.6 is 0 Å². The molecular weight excluding hydrogens is 312 g/mol. The first kappa shape index (κ1) is 17.1. The van der Waals surface area contributed by atoms with Crippen molar-refractivity contribution in [3.8, 4) is 0 Å².